The van der Waals surface area contributed by atoms with E-state index in [4.69, 9.17) is 0 Å². The van der Waals surface area contributed by atoms with Crippen LogP contribution in [0.2, 0.25) is 0 Å². The van der Waals surface area contributed by atoms with Crippen molar-refractivity contribution >= 4 is 11.8 Å². The predicted octanol–water partition coefficient (Wildman–Crippen LogP) is 3.53. The topological polar surface area (TPSA) is 66.4 Å². The molecule has 1 aromatic heterocycles. The fourth-order valence-corrected chi connectivity index (χ4v) is 3.81. The van der Waals surface area contributed by atoms with Crippen molar-refractivity contribution in [1.82, 2.24) is 19.8 Å². The second kappa shape index (κ2) is 8.47. The Bertz CT molecular complexity index is 899. The predicted molar refractivity (Wildman–Crippen MR) is 95.7 cm³/mol. The smallest absolute Gasteiger partial charge is 0.337 e. The van der Waals surface area contributed by atoms with Gasteiger partial charge in [0.05, 0.1) is 18.8 Å². The fourth-order valence-electron chi connectivity index (χ4n) is 3.81. The molecule has 6 nitrogen and oxygen atoms in total. The van der Waals surface area contributed by atoms with Crippen molar-refractivity contribution in [2.75, 3.05) is 19.6 Å². The monoisotopic (exact) mass is 470 g/mol. The molecule has 3 heterocycles. The lowest BCUT2D eigenvalue weighted by molar-refractivity contribution is -0.147. The van der Waals surface area contributed by atoms with Crippen LogP contribution in [0.15, 0.2) is 0 Å². The van der Waals surface area contributed by atoms with E-state index in [-0.39, 0.29) is 50.0 Å². The molecule has 1 saturated heterocycles. The van der Waals surface area contributed by atoms with Gasteiger partial charge in [-0.1, -0.05) is 0 Å². The number of rotatable bonds is 5. The van der Waals surface area contributed by atoms with Crippen molar-refractivity contribution in [3.05, 3.63) is 22.8 Å². The number of piperidine rings is 1. The molecule has 2 aliphatic heterocycles. The van der Waals surface area contributed by atoms with Crippen LogP contribution in [0.1, 0.15) is 55.4 Å². The summed E-state index contributed by atoms with van der Waals surface area (Å²) in [5, 5.41) is 0. The van der Waals surface area contributed by atoms with Crippen molar-refractivity contribution in [2.24, 2.45) is 0 Å². The molecular weight excluding hydrogens is 449 g/mol. The molecule has 0 spiro atoms. The number of alkyl halides is 7. The van der Waals surface area contributed by atoms with E-state index in [9.17, 15) is 40.3 Å². The van der Waals surface area contributed by atoms with Crippen molar-refractivity contribution in [3.63, 3.8) is 0 Å². The number of hydrogen-bond donors (Lipinski definition) is 0. The summed E-state index contributed by atoms with van der Waals surface area (Å²) in [5.41, 5.74) is -1.42. The van der Waals surface area contributed by atoms with E-state index in [2.05, 4.69) is 9.97 Å². The molecule has 1 aromatic rings. The van der Waals surface area contributed by atoms with Gasteiger partial charge in [0, 0.05) is 44.8 Å². The van der Waals surface area contributed by atoms with Crippen molar-refractivity contribution in [3.8, 4) is 0 Å². The van der Waals surface area contributed by atoms with Gasteiger partial charge in [-0.05, 0) is 12.8 Å². The molecule has 32 heavy (non-hydrogen) atoms. The summed E-state index contributed by atoms with van der Waals surface area (Å²) in [4.78, 5) is 32.8. The molecule has 2 aliphatic rings. The number of hydrogen-bond acceptors (Lipinski definition) is 4. The molecule has 0 aromatic carbocycles. The van der Waals surface area contributed by atoms with Gasteiger partial charge in [0.25, 0.3) is 11.8 Å². The molecule has 0 N–H and O–H groups in total. The summed E-state index contributed by atoms with van der Waals surface area (Å²) in [5.74, 6) is -9.23. The summed E-state index contributed by atoms with van der Waals surface area (Å²) < 4.78 is 93.9. The van der Waals surface area contributed by atoms with E-state index in [1.807, 2.05) is 0 Å². The SMILES string of the molecule is CC(F)(F)c1nc(C(F)(F)F)nc2c1CCN(C(=O)CCCN1CC(F)(F)CCC1=O)C2. The maximum atomic E-state index is 13.9. The lowest BCUT2D eigenvalue weighted by Gasteiger charge is -2.33. The Hall–Kier alpha value is -2.47. The van der Waals surface area contributed by atoms with E-state index in [0.717, 1.165) is 4.90 Å². The van der Waals surface area contributed by atoms with Gasteiger partial charge in [-0.25, -0.2) is 18.7 Å². The molecule has 2 amide bonds. The zero-order valence-electron chi connectivity index (χ0n) is 17.1. The van der Waals surface area contributed by atoms with Gasteiger partial charge in [-0.15, -0.1) is 0 Å². The number of likely N-dealkylation sites (tertiary alicyclic amines) is 1. The molecular formula is C19H21F7N4O2. The zero-order chi connectivity index (χ0) is 23.9. The van der Waals surface area contributed by atoms with Gasteiger partial charge >= 0.3 is 6.18 Å². The summed E-state index contributed by atoms with van der Waals surface area (Å²) in [6.07, 6.45) is -6.04. The molecule has 0 radical (unpaired) electrons. The van der Waals surface area contributed by atoms with E-state index in [0.29, 0.717) is 6.92 Å². The van der Waals surface area contributed by atoms with Crippen LogP contribution in [0.3, 0.4) is 0 Å². The molecule has 178 valence electrons. The quantitative estimate of drug-likeness (QED) is 0.618. The Balaban J connectivity index is 1.67. The highest BCUT2D eigenvalue weighted by atomic mass is 19.4. The minimum atomic E-state index is -5.04. The Labute approximate surface area is 178 Å². The molecule has 0 aliphatic carbocycles. The van der Waals surface area contributed by atoms with E-state index in [1.54, 1.807) is 0 Å². The van der Waals surface area contributed by atoms with E-state index in [1.165, 1.54) is 4.90 Å². The first-order chi connectivity index (χ1) is 14.7. The molecule has 1 fully saturated rings. The third-order valence-electron chi connectivity index (χ3n) is 5.39. The van der Waals surface area contributed by atoms with E-state index >= 15 is 0 Å². The number of nitrogens with zero attached hydrogens (tertiary/aromatic N) is 4. The van der Waals surface area contributed by atoms with Crippen LogP contribution >= 0.6 is 0 Å². The van der Waals surface area contributed by atoms with Crippen LogP contribution in [0.5, 0.6) is 0 Å². The van der Waals surface area contributed by atoms with Crippen LogP contribution in [-0.4, -0.2) is 57.1 Å². The molecule has 0 saturated carbocycles. The Morgan fingerprint density at radius 3 is 2.44 bits per heavy atom. The lowest BCUT2D eigenvalue weighted by Crippen LogP contribution is -2.46. The largest absolute Gasteiger partial charge is 0.451 e. The molecule has 0 unspecified atom stereocenters. The van der Waals surface area contributed by atoms with Crippen LogP contribution in [0.4, 0.5) is 30.7 Å². The van der Waals surface area contributed by atoms with Crippen molar-refractivity contribution < 1.29 is 40.3 Å². The summed E-state index contributed by atoms with van der Waals surface area (Å²) >= 11 is 0. The average Bonchev–Trinajstić information content (AvgIpc) is 2.67. The van der Waals surface area contributed by atoms with Gasteiger partial charge in [-0.3, -0.25) is 9.59 Å². The maximum Gasteiger partial charge on any atom is 0.451 e. The van der Waals surface area contributed by atoms with Crippen LogP contribution in [0.25, 0.3) is 0 Å². The Morgan fingerprint density at radius 1 is 1.12 bits per heavy atom. The highest BCUT2D eigenvalue weighted by Gasteiger charge is 2.42. The third-order valence-corrected chi connectivity index (χ3v) is 5.39. The highest BCUT2D eigenvalue weighted by Crippen LogP contribution is 2.36. The van der Waals surface area contributed by atoms with Crippen LogP contribution in [-0.2, 0) is 34.7 Å². The first-order valence-corrected chi connectivity index (χ1v) is 9.96. The summed E-state index contributed by atoms with van der Waals surface area (Å²) in [6, 6.07) is 0. The minimum absolute atomic E-state index is 0.0235. The van der Waals surface area contributed by atoms with Crippen LogP contribution in [0, 0.1) is 0 Å². The van der Waals surface area contributed by atoms with Gasteiger partial charge in [0.1, 0.15) is 5.69 Å². The van der Waals surface area contributed by atoms with Crippen molar-refractivity contribution in [2.45, 2.75) is 63.6 Å². The van der Waals surface area contributed by atoms with Crippen molar-refractivity contribution in [1.29, 1.82) is 0 Å². The number of aromatic nitrogens is 2. The highest BCUT2D eigenvalue weighted by molar-refractivity contribution is 5.78. The number of carbonyl (C=O) groups is 2. The second-order valence-corrected chi connectivity index (χ2v) is 8.05. The number of carbonyl (C=O) groups excluding carboxylic acids is 2. The summed E-state index contributed by atoms with van der Waals surface area (Å²) in [6.45, 7) is -0.758. The first kappa shape index (κ1) is 24.2. The Kier molecular flexibility index (Phi) is 6.40. The Morgan fingerprint density at radius 2 is 1.81 bits per heavy atom. The first-order valence-electron chi connectivity index (χ1n) is 9.96. The van der Waals surface area contributed by atoms with E-state index < -0.39 is 60.9 Å². The molecule has 3 rings (SSSR count). The normalized spacial score (nSPS) is 19.2. The fraction of sp³-hybridized carbons (Fsp3) is 0.684. The van der Waals surface area contributed by atoms with Gasteiger partial charge < -0.3 is 9.80 Å². The zero-order valence-corrected chi connectivity index (χ0v) is 17.1. The van der Waals surface area contributed by atoms with Gasteiger partial charge in [0.2, 0.25) is 17.6 Å². The van der Waals surface area contributed by atoms with Gasteiger partial charge in [-0.2, -0.15) is 22.0 Å². The minimum Gasteiger partial charge on any atom is -0.337 e. The lowest BCUT2D eigenvalue weighted by atomic mass is 9.99. The number of fused-ring (bicyclic) bond motifs is 1. The third kappa shape index (κ3) is 5.47. The van der Waals surface area contributed by atoms with Gasteiger partial charge in [0.15, 0.2) is 0 Å². The second-order valence-electron chi connectivity index (χ2n) is 8.05. The molecule has 13 heteroatoms. The number of halogens is 7. The standard InChI is InChI=1S/C19H21F7N4O2/c1-17(20,21)15-11-5-8-29(9-12(11)27-16(28-15)19(24,25)26)13(31)3-2-7-30-10-18(22,23)6-4-14(30)32/h2-10H2,1H3. The average molecular weight is 470 g/mol. The molecule has 0 bridgehead atoms. The number of amides is 2. The maximum absolute atomic E-state index is 13.9. The molecule has 0 atom stereocenters. The summed E-state index contributed by atoms with van der Waals surface area (Å²) in [7, 11) is 0. The van der Waals surface area contributed by atoms with Crippen LogP contribution < -0.4 is 0 Å².